The van der Waals surface area contributed by atoms with Gasteiger partial charge in [-0.05, 0) is 27.4 Å². The second-order valence-electron chi connectivity index (χ2n) is 3.70. The van der Waals surface area contributed by atoms with Gasteiger partial charge in [0, 0.05) is 4.88 Å². The molecule has 1 aromatic rings. The Morgan fingerprint density at radius 1 is 1.42 bits per heavy atom. The van der Waals surface area contributed by atoms with E-state index in [9.17, 15) is 0 Å². The van der Waals surface area contributed by atoms with Crippen LogP contribution in [-0.2, 0) is 5.41 Å². The van der Waals surface area contributed by atoms with Crippen molar-refractivity contribution in [1.29, 1.82) is 0 Å². The number of rotatable bonds is 1. The number of hydrogen-bond donors (Lipinski definition) is 0. The van der Waals surface area contributed by atoms with Crippen LogP contribution in [0.4, 0.5) is 0 Å². The van der Waals surface area contributed by atoms with Gasteiger partial charge in [0.15, 0.2) is 0 Å². The molecule has 0 aliphatic rings. The van der Waals surface area contributed by atoms with Crippen LogP contribution in [-0.4, -0.2) is 7.11 Å². The van der Waals surface area contributed by atoms with Crippen molar-refractivity contribution in [1.82, 2.24) is 0 Å². The van der Waals surface area contributed by atoms with E-state index in [1.807, 2.05) is 0 Å². The molecule has 0 N–H and O–H groups in total. The maximum absolute atomic E-state index is 5.18. The molecule has 68 valence electrons. The molecule has 0 aliphatic carbocycles. The number of methoxy groups -OCH3 is 1. The van der Waals surface area contributed by atoms with Gasteiger partial charge in [-0.3, -0.25) is 0 Å². The lowest BCUT2D eigenvalue weighted by atomic mass is 9.95. The second kappa shape index (κ2) is 3.38. The molecule has 0 radical (unpaired) electrons. The summed E-state index contributed by atoms with van der Waals surface area (Å²) in [7, 11) is 1.69. The Hall–Kier alpha value is -0.0200. The van der Waals surface area contributed by atoms with E-state index in [0.717, 1.165) is 9.54 Å². The van der Waals surface area contributed by atoms with Gasteiger partial charge in [-0.25, -0.2) is 0 Å². The fraction of sp³-hybridized carbons (Fsp3) is 0.556. The summed E-state index contributed by atoms with van der Waals surface area (Å²) in [6, 6.07) is 2.09. The van der Waals surface area contributed by atoms with Crippen LogP contribution < -0.4 is 4.74 Å². The third-order valence-corrected chi connectivity index (χ3v) is 3.82. The van der Waals surface area contributed by atoms with Crippen LogP contribution in [0, 0.1) is 0 Å². The maximum Gasteiger partial charge on any atom is 0.144 e. The molecule has 0 saturated heterocycles. The Labute approximate surface area is 85.9 Å². The Kier molecular flexibility index (Phi) is 2.84. The van der Waals surface area contributed by atoms with E-state index < -0.39 is 0 Å². The van der Waals surface area contributed by atoms with Crippen LogP contribution in [0.1, 0.15) is 25.6 Å². The monoisotopic (exact) mass is 248 g/mol. The minimum absolute atomic E-state index is 0.212. The molecule has 3 heteroatoms. The number of thiophene rings is 1. The Bertz CT molecular complexity index is 273. The fourth-order valence-electron chi connectivity index (χ4n) is 0.861. The summed E-state index contributed by atoms with van der Waals surface area (Å²) in [6.45, 7) is 6.60. The van der Waals surface area contributed by atoms with Crippen molar-refractivity contribution >= 4 is 27.3 Å². The van der Waals surface area contributed by atoms with Crippen molar-refractivity contribution in [3.63, 3.8) is 0 Å². The number of ether oxygens (including phenoxy) is 1. The quantitative estimate of drug-likeness (QED) is 0.735. The average molecular weight is 249 g/mol. The van der Waals surface area contributed by atoms with Crippen molar-refractivity contribution in [2.75, 3.05) is 7.11 Å². The molecule has 0 unspecified atom stereocenters. The van der Waals surface area contributed by atoms with Gasteiger partial charge < -0.3 is 4.74 Å². The van der Waals surface area contributed by atoms with Gasteiger partial charge in [-0.2, -0.15) is 0 Å². The first-order valence-electron chi connectivity index (χ1n) is 3.79. The zero-order valence-corrected chi connectivity index (χ0v) is 10.2. The zero-order chi connectivity index (χ0) is 9.35. The highest BCUT2D eigenvalue weighted by Gasteiger charge is 2.18. The predicted molar refractivity (Wildman–Crippen MR) is 57.3 cm³/mol. The molecule has 0 aliphatic heterocycles. The topological polar surface area (TPSA) is 9.23 Å². The molecule has 0 aromatic carbocycles. The standard InChI is InChI=1S/C9H13BrOS/c1-9(2,3)7-5-6(11-4)8(10)12-7/h5H,1-4H3. The highest BCUT2D eigenvalue weighted by molar-refractivity contribution is 9.11. The van der Waals surface area contributed by atoms with Gasteiger partial charge in [0.05, 0.1) is 7.11 Å². The summed E-state index contributed by atoms with van der Waals surface area (Å²) >= 11 is 5.20. The van der Waals surface area contributed by atoms with Crippen LogP contribution in [0.3, 0.4) is 0 Å². The zero-order valence-electron chi connectivity index (χ0n) is 7.77. The van der Waals surface area contributed by atoms with Crippen molar-refractivity contribution in [3.05, 3.63) is 14.7 Å². The summed E-state index contributed by atoms with van der Waals surface area (Å²) in [4.78, 5) is 1.34. The third-order valence-electron chi connectivity index (χ3n) is 1.61. The van der Waals surface area contributed by atoms with E-state index in [1.165, 1.54) is 4.88 Å². The molecule has 0 bridgehead atoms. The lowest BCUT2D eigenvalue weighted by molar-refractivity contribution is 0.413. The number of halogens is 1. The molecule has 0 spiro atoms. The first-order valence-corrected chi connectivity index (χ1v) is 5.40. The third kappa shape index (κ3) is 2.02. The molecular formula is C9H13BrOS. The normalized spacial score (nSPS) is 11.8. The molecule has 0 amide bonds. The molecule has 12 heavy (non-hydrogen) atoms. The van der Waals surface area contributed by atoms with Gasteiger partial charge in [0.2, 0.25) is 0 Å². The van der Waals surface area contributed by atoms with Crippen molar-refractivity contribution < 1.29 is 4.74 Å². The SMILES string of the molecule is COc1cc(C(C)(C)C)sc1Br. The summed E-state index contributed by atoms with van der Waals surface area (Å²) in [6.07, 6.45) is 0. The summed E-state index contributed by atoms with van der Waals surface area (Å²) < 4.78 is 6.26. The largest absolute Gasteiger partial charge is 0.495 e. The van der Waals surface area contributed by atoms with Crippen molar-refractivity contribution in [3.8, 4) is 5.75 Å². The van der Waals surface area contributed by atoms with Crippen LogP contribution in [0.5, 0.6) is 5.75 Å². The van der Waals surface area contributed by atoms with E-state index >= 15 is 0 Å². The fourth-order valence-corrected chi connectivity index (χ4v) is 2.57. The van der Waals surface area contributed by atoms with Crippen LogP contribution >= 0.6 is 27.3 Å². The van der Waals surface area contributed by atoms with E-state index in [0.29, 0.717) is 0 Å². The van der Waals surface area contributed by atoms with E-state index in [1.54, 1.807) is 18.4 Å². The number of hydrogen-bond acceptors (Lipinski definition) is 2. The molecule has 1 aromatic heterocycles. The van der Waals surface area contributed by atoms with Crippen LogP contribution in [0.15, 0.2) is 9.85 Å². The summed E-state index contributed by atoms with van der Waals surface area (Å²) in [5.74, 6) is 0.935. The van der Waals surface area contributed by atoms with Crippen LogP contribution in [0.2, 0.25) is 0 Å². The van der Waals surface area contributed by atoms with Gasteiger partial charge in [0.1, 0.15) is 9.54 Å². The summed E-state index contributed by atoms with van der Waals surface area (Å²) in [5.41, 5.74) is 0.212. The van der Waals surface area contributed by atoms with Crippen LogP contribution in [0.25, 0.3) is 0 Å². The molecule has 0 atom stereocenters. The molecule has 0 saturated carbocycles. The second-order valence-corrected chi connectivity index (χ2v) is 6.07. The highest BCUT2D eigenvalue weighted by Crippen LogP contribution is 2.39. The molecule has 1 rings (SSSR count). The average Bonchev–Trinajstić information content (AvgIpc) is 2.29. The Balaban J connectivity index is 3.05. The lowest BCUT2D eigenvalue weighted by Crippen LogP contribution is -2.07. The minimum Gasteiger partial charge on any atom is -0.495 e. The first-order chi connectivity index (χ1) is 5.45. The summed E-state index contributed by atoms with van der Waals surface area (Å²) in [5, 5.41) is 0. The van der Waals surface area contributed by atoms with E-state index in [4.69, 9.17) is 4.74 Å². The Morgan fingerprint density at radius 2 is 2.00 bits per heavy atom. The maximum atomic E-state index is 5.18. The molecular weight excluding hydrogens is 236 g/mol. The minimum atomic E-state index is 0.212. The van der Waals surface area contributed by atoms with E-state index in [-0.39, 0.29) is 5.41 Å². The van der Waals surface area contributed by atoms with Crippen molar-refractivity contribution in [2.24, 2.45) is 0 Å². The first kappa shape index (κ1) is 10.1. The highest BCUT2D eigenvalue weighted by atomic mass is 79.9. The smallest absolute Gasteiger partial charge is 0.144 e. The predicted octanol–water partition coefficient (Wildman–Crippen LogP) is 3.82. The van der Waals surface area contributed by atoms with Gasteiger partial charge in [0.25, 0.3) is 0 Å². The molecule has 1 heterocycles. The lowest BCUT2D eigenvalue weighted by Gasteiger charge is -2.14. The van der Waals surface area contributed by atoms with Gasteiger partial charge in [-0.15, -0.1) is 11.3 Å². The molecule has 0 fully saturated rings. The van der Waals surface area contributed by atoms with E-state index in [2.05, 4.69) is 42.8 Å². The van der Waals surface area contributed by atoms with Gasteiger partial charge >= 0.3 is 0 Å². The van der Waals surface area contributed by atoms with Crippen molar-refractivity contribution in [2.45, 2.75) is 26.2 Å². The molecule has 1 nitrogen and oxygen atoms in total. The Morgan fingerprint density at radius 3 is 2.25 bits per heavy atom. The van der Waals surface area contributed by atoms with Gasteiger partial charge in [-0.1, -0.05) is 20.8 Å².